The summed E-state index contributed by atoms with van der Waals surface area (Å²) in [7, 11) is 0. The molecule has 11 heteroatoms. The second-order valence-electron chi connectivity index (χ2n) is 9.76. The summed E-state index contributed by atoms with van der Waals surface area (Å²) in [6.45, 7) is 1.39. The number of carbonyl (C=O) groups excluding carboxylic acids is 5. The molecule has 1 atom stereocenters. The van der Waals surface area contributed by atoms with Crippen LogP contribution in [0.3, 0.4) is 0 Å². The number of imide groups is 2. The molecule has 0 bridgehead atoms. The van der Waals surface area contributed by atoms with Crippen LogP contribution in [0.25, 0.3) is 0 Å². The van der Waals surface area contributed by atoms with Crippen molar-refractivity contribution in [2.75, 3.05) is 11.9 Å². The number of carbonyl (C=O) groups is 5. The molecule has 1 aromatic heterocycles. The van der Waals surface area contributed by atoms with Gasteiger partial charge in [-0.3, -0.25) is 34.1 Å². The van der Waals surface area contributed by atoms with Crippen LogP contribution in [0.4, 0.5) is 5.69 Å². The van der Waals surface area contributed by atoms with Crippen LogP contribution in [-0.4, -0.2) is 62.4 Å². The summed E-state index contributed by atoms with van der Waals surface area (Å²) in [5.41, 5.74) is 1.96. The van der Waals surface area contributed by atoms with Gasteiger partial charge in [0, 0.05) is 37.8 Å². The second-order valence-corrected chi connectivity index (χ2v) is 9.76. The largest absolute Gasteiger partial charge is 0.384 e. The number of rotatable bonds is 15. The van der Waals surface area contributed by atoms with Crippen LogP contribution >= 0.6 is 0 Å². The number of piperidine rings is 1. The monoisotopic (exact) mass is 522 g/mol. The zero-order chi connectivity index (χ0) is 26.9. The lowest BCUT2D eigenvalue weighted by Gasteiger charge is -2.27. The molecule has 0 radical (unpaired) electrons. The maximum atomic E-state index is 13.2. The van der Waals surface area contributed by atoms with E-state index >= 15 is 0 Å². The van der Waals surface area contributed by atoms with Crippen molar-refractivity contribution in [3.05, 3.63) is 41.2 Å². The fourth-order valence-corrected chi connectivity index (χ4v) is 4.93. The smallest absolute Gasteiger partial charge is 0.264 e. The van der Waals surface area contributed by atoms with Gasteiger partial charge in [0.15, 0.2) is 0 Å². The average molecular weight is 523 g/mol. The Morgan fingerprint density at radius 3 is 2.58 bits per heavy atom. The van der Waals surface area contributed by atoms with Crippen molar-refractivity contribution in [2.45, 2.75) is 83.2 Å². The number of unbranched alkanes of at least 4 members (excludes halogenated alkanes) is 6. The molecule has 2 N–H and O–H groups in total. The summed E-state index contributed by atoms with van der Waals surface area (Å²) < 4.78 is 1.87. The summed E-state index contributed by atoms with van der Waals surface area (Å²) in [6.07, 6.45) is 11.9. The Balaban J connectivity index is 1.22. The molecule has 2 aliphatic rings. The van der Waals surface area contributed by atoms with E-state index in [4.69, 9.17) is 0 Å². The van der Waals surface area contributed by atoms with Crippen LogP contribution in [0.1, 0.15) is 90.6 Å². The molecule has 0 aliphatic carbocycles. The number of aldehydes is 1. The molecule has 1 unspecified atom stereocenters. The van der Waals surface area contributed by atoms with E-state index in [2.05, 4.69) is 20.9 Å². The van der Waals surface area contributed by atoms with Crippen LogP contribution in [0, 0.1) is 0 Å². The fourth-order valence-electron chi connectivity index (χ4n) is 4.93. The van der Waals surface area contributed by atoms with Crippen molar-refractivity contribution in [2.24, 2.45) is 0 Å². The van der Waals surface area contributed by atoms with Crippen molar-refractivity contribution in [1.82, 2.24) is 25.2 Å². The predicted molar refractivity (Wildman–Crippen MR) is 138 cm³/mol. The molecule has 11 nitrogen and oxygen atoms in total. The third-order valence-corrected chi connectivity index (χ3v) is 6.94. The van der Waals surface area contributed by atoms with Gasteiger partial charge in [-0.05, 0) is 44.2 Å². The van der Waals surface area contributed by atoms with Crippen LogP contribution in [0.2, 0.25) is 0 Å². The number of hydrogen-bond acceptors (Lipinski definition) is 8. The molecule has 2 aromatic rings. The van der Waals surface area contributed by atoms with Gasteiger partial charge in [0.2, 0.25) is 11.8 Å². The van der Waals surface area contributed by atoms with Crippen LogP contribution in [0.5, 0.6) is 0 Å². The number of anilines is 1. The highest BCUT2D eigenvalue weighted by Crippen LogP contribution is 2.32. The Hall–Kier alpha value is -3.89. The molecule has 38 heavy (non-hydrogen) atoms. The average Bonchev–Trinajstić information content (AvgIpc) is 3.46. The maximum absolute atomic E-state index is 13.2. The van der Waals surface area contributed by atoms with E-state index in [1.165, 1.54) is 0 Å². The predicted octanol–water partition coefficient (Wildman–Crippen LogP) is 2.65. The first-order valence-corrected chi connectivity index (χ1v) is 13.4. The first-order valence-electron chi connectivity index (χ1n) is 13.4. The Kier molecular flexibility index (Phi) is 9.34. The first-order chi connectivity index (χ1) is 18.5. The lowest BCUT2D eigenvalue weighted by Crippen LogP contribution is -2.54. The molecule has 1 fully saturated rings. The topological polar surface area (TPSA) is 143 Å². The number of benzene rings is 1. The lowest BCUT2D eigenvalue weighted by molar-refractivity contribution is -0.136. The second kappa shape index (κ2) is 13.1. The molecule has 4 amide bonds. The van der Waals surface area contributed by atoms with Crippen molar-refractivity contribution in [1.29, 1.82) is 0 Å². The van der Waals surface area contributed by atoms with E-state index in [-0.39, 0.29) is 24.0 Å². The molecule has 1 aromatic carbocycles. The summed E-state index contributed by atoms with van der Waals surface area (Å²) in [5.74, 6) is -2.06. The van der Waals surface area contributed by atoms with E-state index < -0.39 is 29.7 Å². The molecular formula is C27H34N6O5. The number of nitrogens with zero attached hydrogens (tertiary/aromatic N) is 4. The Morgan fingerprint density at radius 2 is 1.79 bits per heavy atom. The Bertz CT molecular complexity index is 1190. The van der Waals surface area contributed by atoms with Gasteiger partial charge in [-0.1, -0.05) is 37.0 Å². The fraction of sp³-hybridized carbons (Fsp3) is 0.519. The Labute approximate surface area is 221 Å². The summed E-state index contributed by atoms with van der Waals surface area (Å²) in [6, 6.07) is 4.05. The molecule has 202 valence electrons. The molecule has 1 saturated heterocycles. The minimum absolute atomic E-state index is 0.0863. The number of amides is 4. The summed E-state index contributed by atoms with van der Waals surface area (Å²) >= 11 is 0. The SMILES string of the molecule is O=CCCCCCCCCn1cc(CCCNc2cccc3c2C(=O)N(C2CCC(=O)NC2=O)C3=O)nn1. The number of nitrogens with one attached hydrogen (secondary N) is 2. The molecule has 0 saturated carbocycles. The molecule has 4 rings (SSSR count). The van der Waals surface area contributed by atoms with Gasteiger partial charge in [-0.2, -0.15) is 0 Å². The standard InChI is InChI=1S/C27H34N6O5/c34-17-7-5-3-1-2-4-6-16-32-18-19(30-31-32)10-9-15-28-21-12-8-11-20-24(21)27(38)33(26(20)37)22-13-14-23(35)29-25(22)36/h8,11-12,17-18,22,28H,1-7,9-10,13-16H2,(H,29,35,36). The molecular weight excluding hydrogens is 488 g/mol. The van der Waals surface area contributed by atoms with Gasteiger partial charge in [-0.15, -0.1) is 5.10 Å². The minimum Gasteiger partial charge on any atom is -0.384 e. The number of hydrogen-bond donors (Lipinski definition) is 2. The molecule has 2 aliphatic heterocycles. The summed E-state index contributed by atoms with van der Waals surface area (Å²) in [5, 5.41) is 13.9. The Morgan fingerprint density at radius 1 is 1.00 bits per heavy atom. The quantitative estimate of drug-likeness (QED) is 0.206. The van der Waals surface area contributed by atoms with Crippen LogP contribution in [0.15, 0.2) is 24.4 Å². The molecule has 0 spiro atoms. The normalized spacial score (nSPS) is 17.1. The number of fused-ring (bicyclic) bond motifs is 1. The third-order valence-electron chi connectivity index (χ3n) is 6.94. The highest BCUT2D eigenvalue weighted by Gasteiger charge is 2.45. The van der Waals surface area contributed by atoms with Gasteiger partial charge in [0.05, 0.1) is 16.8 Å². The highest BCUT2D eigenvalue weighted by atomic mass is 16.2. The number of aryl methyl sites for hydroxylation is 2. The van der Waals surface area contributed by atoms with Gasteiger partial charge in [-0.25, -0.2) is 0 Å². The van der Waals surface area contributed by atoms with Gasteiger partial charge in [0.25, 0.3) is 11.8 Å². The van der Waals surface area contributed by atoms with Crippen molar-refractivity contribution in [3.8, 4) is 0 Å². The van der Waals surface area contributed by atoms with E-state index in [1.54, 1.807) is 18.2 Å². The van der Waals surface area contributed by atoms with Crippen molar-refractivity contribution >= 4 is 35.6 Å². The zero-order valence-corrected chi connectivity index (χ0v) is 21.5. The van der Waals surface area contributed by atoms with Gasteiger partial charge < -0.3 is 10.1 Å². The van der Waals surface area contributed by atoms with Crippen LogP contribution < -0.4 is 10.6 Å². The van der Waals surface area contributed by atoms with Crippen molar-refractivity contribution in [3.63, 3.8) is 0 Å². The maximum Gasteiger partial charge on any atom is 0.264 e. The highest BCUT2D eigenvalue weighted by molar-refractivity contribution is 6.25. The van der Waals surface area contributed by atoms with E-state index in [9.17, 15) is 24.0 Å². The van der Waals surface area contributed by atoms with Crippen molar-refractivity contribution < 1.29 is 24.0 Å². The lowest BCUT2D eigenvalue weighted by atomic mass is 10.0. The van der Waals surface area contributed by atoms with E-state index in [0.717, 1.165) is 68.4 Å². The first kappa shape index (κ1) is 27.2. The zero-order valence-electron chi connectivity index (χ0n) is 21.5. The summed E-state index contributed by atoms with van der Waals surface area (Å²) in [4.78, 5) is 61.2. The third kappa shape index (κ3) is 6.51. The van der Waals surface area contributed by atoms with Crippen LogP contribution in [-0.2, 0) is 27.3 Å². The van der Waals surface area contributed by atoms with Gasteiger partial charge >= 0.3 is 0 Å². The van der Waals surface area contributed by atoms with Gasteiger partial charge in [0.1, 0.15) is 12.3 Å². The molecule has 3 heterocycles. The van der Waals surface area contributed by atoms with E-state index in [1.807, 2.05) is 10.9 Å². The minimum atomic E-state index is -0.982. The van der Waals surface area contributed by atoms with E-state index in [0.29, 0.717) is 25.1 Å². The number of aromatic nitrogens is 3.